The first kappa shape index (κ1) is 20.0. The lowest BCUT2D eigenvalue weighted by Gasteiger charge is -2.15. The van der Waals surface area contributed by atoms with Crippen molar-refractivity contribution in [2.24, 2.45) is 0 Å². The van der Waals surface area contributed by atoms with Crippen LogP contribution in [-0.4, -0.2) is 25.8 Å². The molecule has 0 aliphatic heterocycles. The first-order valence-corrected chi connectivity index (χ1v) is 9.91. The molecule has 2 aromatic carbocycles. The molecule has 148 valence electrons. The number of methoxy groups -OCH3 is 2. The molecular weight excluding hydrogens is 374 g/mol. The van der Waals surface area contributed by atoms with Crippen LogP contribution in [-0.2, 0) is 6.54 Å². The number of thiazole rings is 1. The van der Waals surface area contributed by atoms with Gasteiger partial charge in [0.15, 0.2) is 16.6 Å². The molecule has 0 fully saturated rings. The number of nitrogens with zero attached hydrogens (tertiary/aromatic N) is 1. The highest BCUT2D eigenvalue weighted by molar-refractivity contribution is 7.14. The molecule has 0 bridgehead atoms. The zero-order chi connectivity index (χ0) is 19.9. The van der Waals surface area contributed by atoms with Crippen molar-refractivity contribution in [3.8, 4) is 28.5 Å². The van der Waals surface area contributed by atoms with E-state index in [1.165, 1.54) is 5.56 Å². The third-order valence-corrected chi connectivity index (χ3v) is 4.91. The molecule has 0 aliphatic rings. The summed E-state index contributed by atoms with van der Waals surface area (Å²) < 4.78 is 16.5. The van der Waals surface area contributed by atoms with Crippen LogP contribution in [0, 0.1) is 6.92 Å². The maximum Gasteiger partial charge on any atom is 0.203 e. The number of aryl methyl sites for hydroxylation is 1. The normalized spacial score (nSPS) is 10.6. The summed E-state index contributed by atoms with van der Waals surface area (Å²) in [5.41, 5.74) is 10.6. The second kappa shape index (κ2) is 9.43. The summed E-state index contributed by atoms with van der Waals surface area (Å²) in [6, 6.07) is 12.2. The van der Waals surface area contributed by atoms with Crippen molar-refractivity contribution < 1.29 is 14.2 Å². The Hall–Kier alpha value is -2.77. The summed E-state index contributed by atoms with van der Waals surface area (Å²) in [6.45, 7) is 5.11. The van der Waals surface area contributed by atoms with Gasteiger partial charge < -0.3 is 14.2 Å². The van der Waals surface area contributed by atoms with Crippen molar-refractivity contribution >= 4 is 16.5 Å². The third-order valence-electron chi connectivity index (χ3n) is 4.15. The minimum absolute atomic E-state index is 0.541. The number of benzene rings is 2. The van der Waals surface area contributed by atoms with E-state index in [2.05, 4.69) is 47.0 Å². The van der Waals surface area contributed by atoms with Crippen molar-refractivity contribution in [1.29, 1.82) is 0 Å². The number of ether oxygens (including phenoxy) is 3. The van der Waals surface area contributed by atoms with Gasteiger partial charge in [-0.05, 0) is 31.5 Å². The molecule has 7 heteroatoms. The standard InChI is InChI=1S/C21H25N3O3S/c1-5-27-20-18(25-3)10-15(11-19(20)26-4)12-22-24-21-23-17(13-28-21)16-8-6-14(2)7-9-16/h6-11,13,22H,5,12H2,1-4H3,(H,23,24). The average Bonchev–Trinajstić information content (AvgIpc) is 3.18. The smallest absolute Gasteiger partial charge is 0.203 e. The van der Waals surface area contributed by atoms with Gasteiger partial charge >= 0.3 is 0 Å². The summed E-state index contributed by atoms with van der Waals surface area (Å²) in [5.74, 6) is 1.91. The molecule has 28 heavy (non-hydrogen) atoms. The van der Waals surface area contributed by atoms with Crippen LogP contribution < -0.4 is 25.1 Å². The van der Waals surface area contributed by atoms with E-state index in [1.54, 1.807) is 25.6 Å². The Balaban J connectivity index is 1.64. The Morgan fingerprint density at radius 3 is 2.32 bits per heavy atom. The van der Waals surface area contributed by atoms with E-state index in [0.29, 0.717) is 30.4 Å². The lowest BCUT2D eigenvalue weighted by atomic mass is 10.1. The van der Waals surface area contributed by atoms with Crippen LogP contribution in [0.4, 0.5) is 5.13 Å². The zero-order valence-corrected chi connectivity index (χ0v) is 17.4. The number of hydrazine groups is 1. The Morgan fingerprint density at radius 2 is 1.71 bits per heavy atom. The quantitative estimate of drug-likeness (QED) is 0.511. The molecule has 0 radical (unpaired) electrons. The summed E-state index contributed by atoms with van der Waals surface area (Å²) in [7, 11) is 3.24. The van der Waals surface area contributed by atoms with E-state index in [0.717, 1.165) is 22.0 Å². The molecule has 0 atom stereocenters. The average molecular weight is 400 g/mol. The van der Waals surface area contributed by atoms with Crippen LogP contribution in [0.15, 0.2) is 41.8 Å². The van der Waals surface area contributed by atoms with Gasteiger partial charge in [0.25, 0.3) is 0 Å². The van der Waals surface area contributed by atoms with E-state index in [9.17, 15) is 0 Å². The van der Waals surface area contributed by atoms with Crippen LogP contribution in [0.1, 0.15) is 18.1 Å². The Morgan fingerprint density at radius 1 is 1.04 bits per heavy atom. The molecule has 0 amide bonds. The maximum atomic E-state index is 5.64. The second-order valence-corrected chi connectivity index (χ2v) is 7.00. The first-order chi connectivity index (χ1) is 13.6. The lowest BCUT2D eigenvalue weighted by molar-refractivity contribution is 0.288. The van der Waals surface area contributed by atoms with Crippen molar-refractivity contribution in [3.63, 3.8) is 0 Å². The van der Waals surface area contributed by atoms with Crippen molar-refractivity contribution in [3.05, 3.63) is 52.9 Å². The Labute approximate surface area is 169 Å². The predicted molar refractivity (Wildman–Crippen MR) is 113 cm³/mol. The van der Waals surface area contributed by atoms with Crippen LogP contribution in [0.5, 0.6) is 17.2 Å². The maximum absolute atomic E-state index is 5.64. The van der Waals surface area contributed by atoms with Crippen LogP contribution in [0.3, 0.4) is 0 Å². The van der Waals surface area contributed by atoms with Gasteiger partial charge in [0.05, 0.1) is 26.5 Å². The molecule has 6 nitrogen and oxygen atoms in total. The van der Waals surface area contributed by atoms with Gasteiger partial charge in [0, 0.05) is 17.5 Å². The summed E-state index contributed by atoms with van der Waals surface area (Å²) in [4.78, 5) is 4.62. The van der Waals surface area contributed by atoms with Gasteiger partial charge in [-0.15, -0.1) is 11.3 Å². The highest BCUT2D eigenvalue weighted by atomic mass is 32.1. The van der Waals surface area contributed by atoms with Gasteiger partial charge in [-0.2, -0.15) is 0 Å². The summed E-state index contributed by atoms with van der Waals surface area (Å²) in [5, 5.41) is 2.85. The highest BCUT2D eigenvalue weighted by Crippen LogP contribution is 2.38. The van der Waals surface area contributed by atoms with Crippen LogP contribution in [0.25, 0.3) is 11.3 Å². The van der Waals surface area contributed by atoms with Gasteiger partial charge in [0.2, 0.25) is 5.75 Å². The van der Waals surface area contributed by atoms with Gasteiger partial charge in [-0.3, -0.25) is 5.43 Å². The van der Waals surface area contributed by atoms with Gasteiger partial charge in [-0.1, -0.05) is 29.8 Å². The SMILES string of the molecule is CCOc1c(OC)cc(CNNc2nc(-c3ccc(C)cc3)cs2)cc1OC. The largest absolute Gasteiger partial charge is 0.493 e. The van der Waals surface area contributed by atoms with Crippen LogP contribution in [0.2, 0.25) is 0 Å². The topological polar surface area (TPSA) is 64.6 Å². The molecule has 0 saturated carbocycles. The van der Waals surface area contributed by atoms with E-state index in [4.69, 9.17) is 14.2 Å². The number of nitrogens with one attached hydrogen (secondary N) is 2. The number of aromatic nitrogens is 1. The number of hydrogen-bond donors (Lipinski definition) is 2. The van der Waals surface area contributed by atoms with E-state index < -0.39 is 0 Å². The van der Waals surface area contributed by atoms with Gasteiger partial charge in [-0.25, -0.2) is 10.4 Å². The molecule has 3 aromatic rings. The van der Waals surface area contributed by atoms with E-state index in [1.807, 2.05) is 24.4 Å². The Bertz CT molecular complexity index is 885. The number of rotatable bonds is 9. The fraction of sp³-hybridized carbons (Fsp3) is 0.286. The predicted octanol–water partition coefficient (Wildman–Crippen LogP) is 4.65. The third kappa shape index (κ3) is 4.74. The molecule has 0 saturated heterocycles. The molecule has 0 spiro atoms. The Kier molecular flexibility index (Phi) is 6.73. The molecule has 2 N–H and O–H groups in total. The minimum atomic E-state index is 0.541. The molecule has 0 aliphatic carbocycles. The second-order valence-electron chi connectivity index (χ2n) is 6.14. The molecule has 0 unspecified atom stereocenters. The highest BCUT2D eigenvalue weighted by Gasteiger charge is 2.14. The zero-order valence-electron chi connectivity index (χ0n) is 16.5. The van der Waals surface area contributed by atoms with Crippen molar-refractivity contribution in [1.82, 2.24) is 10.4 Å². The van der Waals surface area contributed by atoms with Gasteiger partial charge in [0.1, 0.15) is 0 Å². The summed E-state index contributed by atoms with van der Waals surface area (Å²) in [6.07, 6.45) is 0. The monoisotopic (exact) mass is 399 g/mol. The van der Waals surface area contributed by atoms with E-state index in [-0.39, 0.29) is 0 Å². The van der Waals surface area contributed by atoms with Crippen molar-refractivity contribution in [2.45, 2.75) is 20.4 Å². The molecule has 1 heterocycles. The molecule has 3 rings (SSSR count). The fourth-order valence-electron chi connectivity index (χ4n) is 2.73. The number of anilines is 1. The fourth-order valence-corrected chi connectivity index (χ4v) is 3.43. The molecular formula is C21H25N3O3S. The van der Waals surface area contributed by atoms with Crippen LogP contribution >= 0.6 is 11.3 Å². The lowest BCUT2D eigenvalue weighted by Crippen LogP contribution is -2.20. The summed E-state index contributed by atoms with van der Waals surface area (Å²) >= 11 is 1.55. The molecule has 1 aromatic heterocycles. The first-order valence-electron chi connectivity index (χ1n) is 9.03. The van der Waals surface area contributed by atoms with E-state index >= 15 is 0 Å². The minimum Gasteiger partial charge on any atom is -0.493 e. The van der Waals surface area contributed by atoms with Crippen molar-refractivity contribution in [2.75, 3.05) is 26.3 Å². The number of hydrogen-bond acceptors (Lipinski definition) is 7.